The second-order valence-electron chi connectivity index (χ2n) is 32.2. The summed E-state index contributed by atoms with van der Waals surface area (Å²) in [6.07, 6.45) is 76.6. The molecule has 0 bridgehead atoms. The van der Waals surface area contributed by atoms with Crippen molar-refractivity contribution in [2.45, 2.75) is 502 Å². The molecule has 642 valence electrons. The molecule has 0 heterocycles. The Hall–Kier alpha value is -1.94. The number of esters is 4. The number of phosphoric acid groups is 2. The maximum Gasteiger partial charge on any atom is 0.472 e. The third kappa shape index (κ3) is 80.7. The van der Waals surface area contributed by atoms with Crippen molar-refractivity contribution in [2.24, 2.45) is 5.92 Å². The molecule has 0 spiro atoms. The van der Waals surface area contributed by atoms with Gasteiger partial charge in [-0.2, -0.15) is 0 Å². The molecule has 0 amide bonds. The zero-order chi connectivity index (χ0) is 79.0. The third-order valence-electron chi connectivity index (χ3n) is 21.4. The molecular weight excluding hydrogens is 1400 g/mol. The van der Waals surface area contributed by atoms with Crippen LogP contribution in [0.3, 0.4) is 0 Å². The molecule has 0 radical (unpaired) electrons. The topological polar surface area (TPSA) is 237 Å². The second kappa shape index (κ2) is 81.6. The zero-order valence-electron chi connectivity index (χ0n) is 71.0. The van der Waals surface area contributed by atoms with E-state index in [4.69, 9.17) is 37.0 Å². The van der Waals surface area contributed by atoms with Gasteiger partial charge in [0.05, 0.1) is 26.4 Å². The van der Waals surface area contributed by atoms with Crippen LogP contribution in [0.15, 0.2) is 0 Å². The lowest BCUT2D eigenvalue weighted by Gasteiger charge is -2.21. The number of hydrogen-bond acceptors (Lipinski definition) is 15. The normalized spacial score (nSPS) is 14.0. The van der Waals surface area contributed by atoms with Crippen molar-refractivity contribution >= 4 is 39.5 Å². The second-order valence-corrected chi connectivity index (χ2v) is 35.1. The summed E-state index contributed by atoms with van der Waals surface area (Å²) in [6.45, 7) is 7.34. The van der Waals surface area contributed by atoms with E-state index in [1.54, 1.807) is 0 Å². The molecule has 3 unspecified atom stereocenters. The molecule has 0 saturated heterocycles. The van der Waals surface area contributed by atoms with Gasteiger partial charge < -0.3 is 33.8 Å². The SMILES string of the molecule is CCCCCCCCCCCCCCCCCCCCCCC(=O)OC[C@H](COP(=O)(O)OC[C@@H](O)COP(=O)(O)OC[C@@H](COC(=O)CCCCCCCCC(C)CC)OC(=O)CCCCCCCCCCCCCCCCCCCC)OC(=O)CCCCCCCCCCCCCCCCCCCCCC. The Balaban J connectivity index is 5.22. The highest BCUT2D eigenvalue weighted by molar-refractivity contribution is 7.47. The largest absolute Gasteiger partial charge is 0.472 e. The fraction of sp³-hybridized carbons (Fsp3) is 0.955. The van der Waals surface area contributed by atoms with Crippen LogP contribution >= 0.6 is 15.6 Å². The number of aliphatic hydroxyl groups excluding tert-OH is 1. The van der Waals surface area contributed by atoms with Crippen molar-refractivity contribution in [3.63, 3.8) is 0 Å². The van der Waals surface area contributed by atoms with Crippen LogP contribution in [-0.4, -0.2) is 96.7 Å². The molecule has 0 aromatic rings. The first kappa shape index (κ1) is 106. The van der Waals surface area contributed by atoms with Crippen LogP contribution in [-0.2, 0) is 65.4 Å². The van der Waals surface area contributed by atoms with Crippen molar-refractivity contribution in [3.8, 4) is 0 Å². The molecule has 0 fully saturated rings. The molecule has 0 aromatic carbocycles. The fourth-order valence-electron chi connectivity index (χ4n) is 14.0. The lowest BCUT2D eigenvalue weighted by Crippen LogP contribution is -2.30. The first-order valence-electron chi connectivity index (χ1n) is 46.2. The van der Waals surface area contributed by atoms with Gasteiger partial charge in [-0.1, -0.05) is 433 Å². The molecule has 17 nitrogen and oxygen atoms in total. The first-order valence-corrected chi connectivity index (χ1v) is 49.2. The number of unbranched alkanes of at least 4 members (excludes halogenated alkanes) is 60. The van der Waals surface area contributed by atoms with Gasteiger partial charge in [-0.05, 0) is 31.6 Å². The van der Waals surface area contributed by atoms with E-state index in [2.05, 4.69) is 34.6 Å². The lowest BCUT2D eigenvalue weighted by molar-refractivity contribution is -0.161. The molecule has 0 aliphatic carbocycles. The minimum Gasteiger partial charge on any atom is -0.462 e. The molecule has 19 heteroatoms. The monoisotopic (exact) mass is 1580 g/mol. The Morgan fingerprint density at radius 2 is 0.444 bits per heavy atom. The van der Waals surface area contributed by atoms with Crippen LogP contribution in [0.4, 0.5) is 0 Å². The summed E-state index contributed by atoms with van der Waals surface area (Å²) in [4.78, 5) is 73.3. The van der Waals surface area contributed by atoms with Gasteiger partial charge in [0.2, 0.25) is 0 Å². The Labute approximate surface area is 664 Å². The summed E-state index contributed by atoms with van der Waals surface area (Å²) >= 11 is 0. The highest BCUT2D eigenvalue weighted by Crippen LogP contribution is 2.45. The standard InChI is InChI=1S/C89H174O17P2/c1-6-10-13-16-19-22-25-28-31-34-37-39-42-44-47-50-53-56-62-67-72-86(91)99-78-84(105-88(93)74-69-65-58-55-52-49-46-43-40-38-35-32-29-26-23-20-17-14-11-7-2)80-103-107(95,96)101-76-83(90)77-102-108(97,98)104-81-85(79-100-87(92)73-68-63-60-59-61-66-71-82(5)9-4)106-89(94)75-70-64-57-54-51-48-45-41-36-33-30-27-24-21-18-15-12-8-3/h82-85,90H,6-81H2,1-5H3,(H,95,96)(H,97,98)/t82?,83-,84-,85-/m1/s1. The summed E-state index contributed by atoms with van der Waals surface area (Å²) in [5, 5.41) is 10.7. The van der Waals surface area contributed by atoms with E-state index in [1.807, 2.05) is 0 Å². The van der Waals surface area contributed by atoms with Crippen molar-refractivity contribution in [2.75, 3.05) is 39.6 Å². The third-order valence-corrected chi connectivity index (χ3v) is 23.3. The van der Waals surface area contributed by atoms with E-state index >= 15 is 0 Å². The molecule has 0 aromatic heterocycles. The average molecular weight is 1580 g/mol. The van der Waals surface area contributed by atoms with E-state index < -0.39 is 97.5 Å². The van der Waals surface area contributed by atoms with Crippen LogP contribution in [0.2, 0.25) is 0 Å². The van der Waals surface area contributed by atoms with Gasteiger partial charge in [0, 0.05) is 25.7 Å². The first-order chi connectivity index (χ1) is 52.6. The van der Waals surface area contributed by atoms with Gasteiger partial charge in [0.1, 0.15) is 19.3 Å². The number of carbonyl (C=O) groups is 4. The summed E-state index contributed by atoms with van der Waals surface area (Å²) in [6, 6.07) is 0. The fourth-order valence-corrected chi connectivity index (χ4v) is 15.5. The van der Waals surface area contributed by atoms with Crippen molar-refractivity contribution < 1.29 is 80.2 Å². The lowest BCUT2D eigenvalue weighted by atomic mass is 10.00. The molecule has 0 aliphatic heterocycles. The minimum absolute atomic E-state index is 0.108. The Morgan fingerprint density at radius 3 is 0.657 bits per heavy atom. The summed E-state index contributed by atoms with van der Waals surface area (Å²) in [5.74, 6) is -1.37. The number of phosphoric ester groups is 2. The maximum atomic E-state index is 13.2. The Bertz CT molecular complexity index is 2050. The smallest absolute Gasteiger partial charge is 0.462 e. The predicted octanol–water partition coefficient (Wildman–Crippen LogP) is 27.5. The Kier molecular flexibility index (Phi) is 80.2. The maximum absolute atomic E-state index is 13.2. The van der Waals surface area contributed by atoms with E-state index in [9.17, 15) is 43.2 Å². The Morgan fingerprint density at radius 1 is 0.259 bits per heavy atom. The zero-order valence-corrected chi connectivity index (χ0v) is 72.8. The van der Waals surface area contributed by atoms with Crippen LogP contribution in [0.5, 0.6) is 0 Å². The van der Waals surface area contributed by atoms with Crippen molar-refractivity contribution in [1.29, 1.82) is 0 Å². The van der Waals surface area contributed by atoms with Crippen molar-refractivity contribution in [3.05, 3.63) is 0 Å². The van der Waals surface area contributed by atoms with Gasteiger partial charge in [0.25, 0.3) is 0 Å². The molecule has 6 atom stereocenters. The van der Waals surface area contributed by atoms with Gasteiger partial charge in [0.15, 0.2) is 12.2 Å². The van der Waals surface area contributed by atoms with Crippen LogP contribution in [0.25, 0.3) is 0 Å². The van der Waals surface area contributed by atoms with Crippen molar-refractivity contribution in [1.82, 2.24) is 0 Å². The van der Waals surface area contributed by atoms with Crippen LogP contribution in [0.1, 0.15) is 484 Å². The number of hydrogen-bond donors (Lipinski definition) is 3. The number of carbonyl (C=O) groups excluding carboxylic acids is 4. The van der Waals surface area contributed by atoms with Gasteiger partial charge in [-0.25, -0.2) is 9.13 Å². The minimum atomic E-state index is -4.97. The van der Waals surface area contributed by atoms with Gasteiger partial charge in [-0.3, -0.25) is 37.3 Å². The predicted molar refractivity (Wildman–Crippen MR) is 446 cm³/mol. The highest BCUT2D eigenvalue weighted by Gasteiger charge is 2.31. The van der Waals surface area contributed by atoms with E-state index in [0.29, 0.717) is 25.7 Å². The molecule has 108 heavy (non-hydrogen) atoms. The molecule has 0 rings (SSSR count). The van der Waals surface area contributed by atoms with Gasteiger partial charge >= 0.3 is 39.5 Å². The average Bonchev–Trinajstić information content (AvgIpc) is 0.899. The highest BCUT2D eigenvalue weighted by atomic mass is 31.2. The molecule has 3 N–H and O–H groups in total. The summed E-state index contributed by atoms with van der Waals surface area (Å²) in [7, 11) is -9.93. The number of aliphatic hydroxyl groups is 1. The number of rotatable bonds is 89. The molecule has 0 saturated carbocycles. The van der Waals surface area contributed by atoms with Crippen LogP contribution in [0, 0.1) is 5.92 Å². The van der Waals surface area contributed by atoms with E-state index in [-0.39, 0.29) is 25.7 Å². The van der Waals surface area contributed by atoms with Gasteiger partial charge in [-0.15, -0.1) is 0 Å². The number of ether oxygens (including phenoxy) is 4. The molecule has 0 aliphatic rings. The summed E-state index contributed by atoms with van der Waals surface area (Å²) in [5.41, 5.74) is 0. The van der Waals surface area contributed by atoms with E-state index in [1.165, 1.54) is 302 Å². The quantitative estimate of drug-likeness (QED) is 0.0222. The summed E-state index contributed by atoms with van der Waals surface area (Å²) < 4.78 is 69.0. The molecular formula is C89H174O17P2. The van der Waals surface area contributed by atoms with E-state index in [0.717, 1.165) is 102 Å². The van der Waals surface area contributed by atoms with Crippen LogP contribution < -0.4 is 0 Å².